The van der Waals surface area contributed by atoms with E-state index in [1.54, 1.807) is 48.5 Å². The average molecular weight is 509 g/mol. The third-order valence-corrected chi connectivity index (χ3v) is 6.71. The number of aliphatic hydroxyl groups excluding tert-OH is 1. The van der Waals surface area contributed by atoms with Gasteiger partial charge in [-0.15, -0.1) is 0 Å². The lowest BCUT2D eigenvalue weighted by Gasteiger charge is -2.23. The molecule has 1 aliphatic heterocycles. The Balaban J connectivity index is 1.75. The number of hydrogen-bond acceptors (Lipinski definition) is 5. The van der Waals surface area contributed by atoms with Crippen LogP contribution in [0.3, 0.4) is 0 Å². The lowest BCUT2D eigenvalue weighted by molar-refractivity contribution is -0.132. The normalized spacial score (nSPS) is 17.9. The first-order valence-electron chi connectivity index (χ1n) is 9.62. The molecule has 0 aliphatic carbocycles. The molecule has 1 fully saturated rings. The number of fused-ring (bicyclic) bond motifs is 1. The number of hydrogen-bond donors (Lipinski definition) is 1. The average Bonchev–Trinajstić information content (AvgIpc) is 3.32. The summed E-state index contributed by atoms with van der Waals surface area (Å²) in [4.78, 5) is 32.1. The second-order valence-corrected chi connectivity index (χ2v) is 9.12. The molecule has 1 amide bonds. The Kier molecular flexibility index (Phi) is 5.11. The SMILES string of the molecule is O=C1C(=O)N(c2nc3ccc(F)cc3s2)[C@@H](c2cccc(Br)c2)C1=C(O)c1ccccc1. The molecule has 1 saturated heterocycles. The summed E-state index contributed by atoms with van der Waals surface area (Å²) in [6.45, 7) is 0. The molecule has 1 atom stereocenters. The second-order valence-electron chi connectivity index (χ2n) is 7.20. The highest BCUT2D eigenvalue weighted by Crippen LogP contribution is 2.44. The Morgan fingerprint density at radius 1 is 1.03 bits per heavy atom. The number of ketones is 1. The maximum absolute atomic E-state index is 13.7. The molecule has 1 aromatic heterocycles. The van der Waals surface area contributed by atoms with Crippen molar-refractivity contribution in [3.05, 3.63) is 99.8 Å². The van der Waals surface area contributed by atoms with Crippen molar-refractivity contribution in [3.63, 3.8) is 0 Å². The standard InChI is InChI=1S/C24H14BrFN2O3S/c25-15-8-4-7-14(11-15)20-19(21(29)13-5-2-1-3-6-13)22(30)23(31)28(20)24-27-17-10-9-16(26)12-18(17)32-24/h1-12,20,29H/t20-/m0/s1. The maximum Gasteiger partial charge on any atom is 0.301 e. The summed E-state index contributed by atoms with van der Waals surface area (Å²) in [5.74, 6) is -2.28. The van der Waals surface area contributed by atoms with Crippen molar-refractivity contribution in [2.24, 2.45) is 0 Å². The van der Waals surface area contributed by atoms with Crippen LogP contribution in [0, 0.1) is 5.82 Å². The Bertz CT molecular complexity index is 1420. The largest absolute Gasteiger partial charge is 0.507 e. The molecule has 5 rings (SSSR count). The van der Waals surface area contributed by atoms with Crippen LogP contribution in [-0.4, -0.2) is 21.8 Å². The summed E-state index contributed by atoms with van der Waals surface area (Å²) in [6.07, 6.45) is 0. The van der Waals surface area contributed by atoms with Gasteiger partial charge in [0.25, 0.3) is 5.78 Å². The summed E-state index contributed by atoms with van der Waals surface area (Å²) in [5, 5.41) is 11.3. The van der Waals surface area contributed by atoms with Gasteiger partial charge in [0.05, 0.1) is 21.8 Å². The fourth-order valence-electron chi connectivity index (χ4n) is 3.76. The van der Waals surface area contributed by atoms with Gasteiger partial charge in [0, 0.05) is 10.0 Å². The van der Waals surface area contributed by atoms with E-state index in [9.17, 15) is 19.1 Å². The number of carbonyl (C=O) groups excluding carboxylic acids is 2. The number of aromatic nitrogens is 1. The van der Waals surface area contributed by atoms with Gasteiger partial charge in [-0.2, -0.15) is 0 Å². The monoisotopic (exact) mass is 508 g/mol. The number of benzene rings is 3. The van der Waals surface area contributed by atoms with Gasteiger partial charge < -0.3 is 5.11 Å². The molecule has 5 nitrogen and oxygen atoms in total. The van der Waals surface area contributed by atoms with Crippen molar-refractivity contribution < 1.29 is 19.1 Å². The predicted octanol–water partition coefficient (Wildman–Crippen LogP) is 5.82. The molecule has 0 unspecified atom stereocenters. The van der Waals surface area contributed by atoms with Crippen molar-refractivity contribution in [2.75, 3.05) is 4.90 Å². The number of nitrogens with zero attached hydrogens (tertiary/aromatic N) is 2. The number of Topliss-reactive ketones (excluding diaryl/α,β-unsaturated/α-hetero) is 1. The molecule has 0 spiro atoms. The Morgan fingerprint density at radius 2 is 1.81 bits per heavy atom. The third-order valence-electron chi connectivity index (χ3n) is 5.20. The van der Waals surface area contributed by atoms with Crippen molar-refractivity contribution in [1.29, 1.82) is 0 Å². The van der Waals surface area contributed by atoms with Crippen LogP contribution in [0.15, 0.2) is 82.8 Å². The summed E-state index contributed by atoms with van der Waals surface area (Å²) >= 11 is 4.54. The molecule has 0 bridgehead atoms. The fraction of sp³-hybridized carbons (Fsp3) is 0.0417. The van der Waals surface area contributed by atoms with E-state index in [2.05, 4.69) is 20.9 Å². The van der Waals surface area contributed by atoms with Crippen LogP contribution in [0.2, 0.25) is 0 Å². The molecule has 0 saturated carbocycles. The quantitative estimate of drug-likeness (QED) is 0.215. The highest BCUT2D eigenvalue weighted by Gasteiger charge is 2.48. The minimum atomic E-state index is -0.891. The van der Waals surface area contributed by atoms with Gasteiger partial charge in [-0.05, 0) is 35.9 Å². The highest BCUT2D eigenvalue weighted by atomic mass is 79.9. The first-order valence-corrected chi connectivity index (χ1v) is 11.2. The minimum absolute atomic E-state index is 0.0234. The Hall–Kier alpha value is -3.36. The molecule has 1 aliphatic rings. The zero-order valence-corrected chi connectivity index (χ0v) is 18.7. The number of thiazole rings is 1. The van der Waals surface area contributed by atoms with Crippen LogP contribution in [0.25, 0.3) is 16.0 Å². The van der Waals surface area contributed by atoms with E-state index >= 15 is 0 Å². The van der Waals surface area contributed by atoms with E-state index in [1.165, 1.54) is 23.1 Å². The van der Waals surface area contributed by atoms with Crippen molar-refractivity contribution in [2.45, 2.75) is 6.04 Å². The van der Waals surface area contributed by atoms with E-state index in [1.807, 2.05) is 6.07 Å². The number of rotatable bonds is 3. The molecule has 1 N–H and O–H groups in total. The van der Waals surface area contributed by atoms with Gasteiger partial charge in [0.15, 0.2) is 5.13 Å². The van der Waals surface area contributed by atoms with Gasteiger partial charge >= 0.3 is 5.91 Å². The van der Waals surface area contributed by atoms with Gasteiger partial charge in [-0.3, -0.25) is 14.5 Å². The summed E-state index contributed by atoms with van der Waals surface area (Å²) < 4.78 is 15.0. The van der Waals surface area contributed by atoms with Gasteiger partial charge in [-0.1, -0.05) is 69.7 Å². The van der Waals surface area contributed by atoms with E-state index in [4.69, 9.17) is 0 Å². The molecule has 158 valence electrons. The van der Waals surface area contributed by atoms with Gasteiger partial charge in [0.1, 0.15) is 11.6 Å². The number of halogens is 2. The highest BCUT2D eigenvalue weighted by molar-refractivity contribution is 9.10. The first-order chi connectivity index (χ1) is 15.4. The van der Waals surface area contributed by atoms with E-state index in [0.717, 1.165) is 15.8 Å². The van der Waals surface area contributed by atoms with Crippen LogP contribution < -0.4 is 4.90 Å². The summed E-state index contributed by atoms with van der Waals surface area (Å²) in [5.41, 5.74) is 1.55. The molecule has 32 heavy (non-hydrogen) atoms. The minimum Gasteiger partial charge on any atom is -0.507 e. The van der Waals surface area contributed by atoms with Crippen molar-refractivity contribution in [3.8, 4) is 0 Å². The third kappa shape index (κ3) is 3.41. The smallest absolute Gasteiger partial charge is 0.301 e. The Labute approximate surface area is 194 Å². The van der Waals surface area contributed by atoms with Crippen LogP contribution in [0.4, 0.5) is 9.52 Å². The van der Waals surface area contributed by atoms with Crippen molar-refractivity contribution in [1.82, 2.24) is 4.98 Å². The van der Waals surface area contributed by atoms with Crippen LogP contribution >= 0.6 is 27.3 Å². The molecule has 2 heterocycles. The molecule has 3 aromatic carbocycles. The fourth-order valence-corrected chi connectivity index (χ4v) is 5.20. The number of aliphatic hydroxyl groups is 1. The van der Waals surface area contributed by atoms with Gasteiger partial charge in [-0.25, -0.2) is 9.37 Å². The maximum atomic E-state index is 13.7. The van der Waals surface area contributed by atoms with E-state index in [0.29, 0.717) is 21.3 Å². The number of anilines is 1. The zero-order chi connectivity index (χ0) is 22.4. The van der Waals surface area contributed by atoms with E-state index in [-0.39, 0.29) is 16.5 Å². The summed E-state index contributed by atoms with van der Waals surface area (Å²) in [6, 6.07) is 19.0. The topological polar surface area (TPSA) is 70.5 Å². The van der Waals surface area contributed by atoms with Crippen LogP contribution in [-0.2, 0) is 9.59 Å². The number of carbonyl (C=O) groups is 2. The van der Waals surface area contributed by atoms with Crippen LogP contribution in [0.5, 0.6) is 0 Å². The lowest BCUT2D eigenvalue weighted by Crippen LogP contribution is -2.29. The lowest BCUT2D eigenvalue weighted by atomic mass is 9.95. The second kappa shape index (κ2) is 7.96. The number of amides is 1. The molecule has 0 radical (unpaired) electrons. The Morgan fingerprint density at radius 3 is 2.56 bits per heavy atom. The molecular weight excluding hydrogens is 495 g/mol. The molecule has 8 heteroatoms. The predicted molar refractivity (Wildman–Crippen MR) is 125 cm³/mol. The van der Waals surface area contributed by atoms with E-state index < -0.39 is 23.5 Å². The molecule has 4 aromatic rings. The molecular formula is C24H14BrFN2O3S. The first kappa shape index (κ1) is 20.5. The van der Waals surface area contributed by atoms with Gasteiger partial charge in [0.2, 0.25) is 0 Å². The van der Waals surface area contributed by atoms with Crippen molar-refractivity contribution >= 4 is 60.1 Å². The summed E-state index contributed by atoms with van der Waals surface area (Å²) in [7, 11) is 0. The zero-order valence-electron chi connectivity index (χ0n) is 16.3. The van der Waals surface area contributed by atoms with Crippen LogP contribution in [0.1, 0.15) is 17.2 Å².